The molecule has 0 bridgehead atoms. The van der Waals surface area contributed by atoms with Crippen LogP contribution in [0.15, 0.2) is 72.8 Å². The van der Waals surface area contributed by atoms with E-state index in [-0.39, 0.29) is 35.8 Å². The van der Waals surface area contributed by atoms with Crippen LogP contribution in [0, 0.1) is 11.8 Å². The largest absolute Gasteiger partial charge is 0.486 e. The molecule has 1 saturated heterocycles. The van der Waals surface area contributed by atoms with E-state index in [1.165, 1.54) is 5.56 Å². The van der Waals surface area contributed by atoms with E-state index >= 15 is 0 Å². The molecule has 2 aliphatic rings. The number of likely N-dealkylation sites (N-methyl/N-ethyl adjacent to an activating group) is 1. The number of amides is 2. The highest BCUT2D eigenvalue weighted by Gasteiger charge is 2.35. The van der Waals surface area contributed by atoms with E-state index in [1.54, 1.807) is 4.90 Å². The van der Waals surface area contributed by atoms with E-state index in [4.69, 9.17) is 9.47 Å². The molecule has 0 saturated carbocycles. The lowest BCUT2D eigenvalue weighted by molar-refractivity contribution is -0.122. The summed E-state index contributed by atoms with van der Waals surface area (Å²) >= 11 is 0. The lowest BCUT2D eigenvalue weighted by Gasteiger charge is -2.39. The summed E-state index contributed by atoms with van der Waals surface area (Å²) in [6, 6.07) is 23.6. The number of hydrogen-bond donors (Lipinski definition) is 1. The van der Waals surface area contributed by atoms with Gasteiger partial charge in [0.15, 0.2) is 5.75 Å². The number of rotatable bonds is 9. The first-order chi connectivity index (χ1) is 21.2. The van der Waals surface area contributed by atoms with Gasteiger partial charge >= 0.3 is 0 Å². The van der Waals surface area contributed by atoms with Crippen molar-refractivity contribution in [3.8, 4) is 17.2 Å². The van der Waals surface area contributed by atoms with Gasteiger partial charge < -0.3 is 24.6 Å². The Labute approximate surface area is 261 Å². The fraction of sp³-hybridized carbons (Fsp3) is 0.444. The zero-order valence-corrected chi connectivity index (χ0v) is 26.7. The number of fused-ring (bicyclic) bond motifs is 1. The molecule has 2 unspecified atom stereocenters. The van der Waals surface area contributed by atoms with Crippen molar-refractivity contribution >= 4 is 17.5 Å². The molecular weight excluding hydrogens is 552 g/mol. The molecule has 3 aromatic carbocycles. The summed E-state index contributed by atoms with van der Waals surface area (Å²) in [5.74, 6) is 2.14. The maximum absolute atomic E-state index is 13.8. The Morgan fingerprint density at radius 3 is 2.34 bits per heavy atom. The van der Waals surface area contributed by atoms with E-state index < -0.39 is 0 Å². The van der Waals surface area contributed by atoms with Gasteiger partial charge in [-0.1, -0.05) is 43.3 Å². The topological polar surface area (TPSA) is 74.4 Å². The van der Waals surface area contributed by atoms with E-state index in [0.717, 1.165) is 44.0 Å². The summed E-state index contributed by atoms with van der Waals surface area (Å²) in [7, 11) is 3.90. The lowest BCUT2D eigenvalue weighted by atomic mass is 9.96. The van der Waals surface area contributed by atoms with Crippen molar-refractivity contribution in [1.82, 2.24) is 15.1 Å². The van der Waals surface area contributed by atoms with Crippen LogP contribution in [0.5, 0.6) is 17.2 Å². The SMILES string of the molecule is CC1CN(C(C)C)C(=O)c2cccc(N(C)C(=O)C3CCNCC3)c2OC1CN(C)Cc1ccc(Oc2ccccc2)cc1. The molecule has 0 aromatic heterocycles. The van der Waals surface area contributed by atoms with Crippen molar-refractivity contribution in [2.75, 3.05) is 45.2 Å². The lowest BCUT2D eigenvalue weighted by Crippen LogP contribution is -2.48. The maximum Gasteiger partial charge on any atom is 0.257 e. The van der Waals surface area contributed by atoms with Crippen molar-refractivity contribution in [1.29, 1.82) is 0 Å². The average Bonchev–Trinajstić information content (AvgIpc) is 3.03. The van der Waals surface area contributed by atoms with Crippen LogP contribution in [-0.4, -0.2) is 74.0 Å². The Morgan fingerprint density at radius 2 is 1.66 bits per heavy atom. The van der Waals surface area contributed by atoms with Gasteiger partial charge in [0.2, 0.25) is 5.91 Å². The number of benzene rings is 3. The minimum absolute atomic E-state index is 0.0312. The fourth-order valence-electron chi connectivity index (χ4n) is 6.11. The number of piperidine rings is 1. The number of nitrogens with one attached hydrogen (secondary N) is 1. The van der Waals surface area contributed by atoms with Gasteiger partial charge in [-0.15, -0.1) is 0 Å². The Bertz CT molecular complexity index is 1410. The number of nitrogens with zero attached hydrogens (tertiary/aromatic N) is 3. The predicted molar refractivity (Wildman–Crippen MR) is 174 cm³/mol. The first-order valence-electron chi connectivity index (χ1n) is 15.8. The smallest absolute Gasteiger partial charge is 0.257 e. The van der Waals surface area contributed by atoms with Gasteiger partial charge in [0.25, 0.3) is 5.91 Å². The normalized spacial score (nSPS) is 19.2. The standard InChI is InChI=1S/C36H46N4O4/c1-25(2)40-22-26(3)33(24-38(4)23-27-14-16-30(17-15-27)43-29-10-7-6-8-11-29)44-34-31(36(40)42)12-9-13-32(34)39(5)35(41)28-18-20-37-21-19-28/h6-17,25-26,28,33,37H,18-24H2,1-5H3. The van der Waals surface area contributed by atoms with Crippen molar-refractivity contribution in [2.45, 2.75) is 52.3 Å². The molecule has 44 heavy (non-hydrogen) atoms. The molecule has 0 aliphatic carbocycles. The third kappa shape index (κ3) is 7.42. The monoisotopic (exact) mass is 598 g/mol. The van der Waals surface area contributed by atoms with Crippen molar-refractivity contribution < 1.29 is 19.1 Å². The highest BCUT2D eigenvalue weighted by molar-refractivity contribution is 6.02. The second kappa shape index (κ2) is 14.3. The van der Waals surface area contributed by atoms with Crippen molar-refractivity contribution in [3.05, 3.63) is 83.9 Å². The van der Waals surface area contributed by atoms with Gasteiger partial charge in [0.1, 0.15) is 17.6 Å². The molecule has 234 valence electrons. The molecule has 2 aliphatic heterocycles. The second-order valence-corrected chi connectivity index (χ2v) is 12.5. The summed E-state index contributed by atoms with van der Waals surface area (Å²) in [5.41, 5.74) is 2.33. The van der Waals surface area contributed by atoms with Gasteiger partial charge in [0, 0.05) is 44.6 Å². The van der Waals surface area contributed by atoms with E-state index in [0.29, 0.717) is 30.1 Å². The Morgan fingerprint density at radius 1 is 0.977 bits per heavy atom. The summed E-state index contributed by atoms with van der Waals surface area (Å²) < 4.78 is 12.8. The van der Waals surface area contributed by atoms with E-state index in [1.807, 2.05) is 72.6 Å². The van der Waals surface area contributed by atoms with Crippen LogP contribution in [0.1, 0.15) is 49.5 Å². The minimum Gasteiger partial charge on any atom is -0.486 e. The van der Waals surface area contributed by atoms with Gasteiger partial charge in [-0.25, -0.2) is 0 Å². The number of anilines is 1. The predicted octanol–water partition coefficient (Wildman–Crippen LogP) is 5.82. The molecule has 3 aromatic rings. The summed E-state index contributed by atoms with van der Waals surface area (Å²) in [6.45, 7) is 9.90. The number of hydrogen-bond acceptors (Lipinski definition) is 6. The molecule has 1 N–H and O–H groups in total. The zero-order valence-electron chi connectivity index (χ0n) is 26.7. The van der Waals surface area contributed by atoms with Gasteiger partial charge in [-0.05, 0) is 88.8 Å². The van der Waals surface area contributed by atoms with Gasteiger partial charge in [0.05, 0.1) is 11.3 Å². The first kappa shape index (κ1) is 31.5. The fourth-order valence-corrected chi connectivity index (χ4v) is 6.11. The molecular formula is C36H46N4O4. The maximum atomic E-state index is 13.8. The Hall–Kier alpha value is -3.88. The summed E-state index contributed by atoms with van der Waals surface area (Å²) in [4.78, 5) is 33.3. The third-order valence-corrected chi connectivity index (χ3v) is 8.72. The molecule has 8 heteroatoms. The molecule has 2 amide bonds. The van der Waals surface area contributed by atoms with Gasteiger partial charge in [-0.3, -0.25) is 14.5 Å². The first-order valence-corrected chi connectivity index (χ1v) is 15.8. The van der Waals surface area contributed by atoms with E-state index in [9.17, 15) is 9.59 Å². The van der Waals surface area contributed by atoms with Crippen LogP contribution in [-0.2, 0) is 11.3 Å². The summed E-state index contributed by atoms with van der Waals surface area (Å²) in [6.07, 6.45) is 1.42. The second-order valence-electron chi connectivity index (χ2n) is 12.5. The zero-order chi connectivity index (χ0) is 31.2. The van der Waals surface area contributed by atoms with Gasteiger partial charge in [-0.2, -0.15) is 0 Å². The molecule has 8 nitrogen and oxygen atoms in total. The van der Waals surface area contributed by atoms with Crippen LogP contribution in [0.3, 0.4) is 0 Å². The third-order valence-electron chi connectivity index (χ3n) is 8.72. The molecule has 0 radical (unpaired) electrons. The molecule has 2 heterocycles. The quantitative estimate of drug-likeness (QED) is 0.335. The van der Waals surface area contributed by atoms with Crippen molar-refractivity contribution in [3.63, 3.8) is 0 Å². The molecule has 5 rings (SSSR count). The van der Waals surface area contributed by atoms with Crippen LogP contribution < -0.4 is 19.7 Å². The highest BCUT2D eigenvalue weighted by Crippen LogP contribution is 2.37. The van der Waals surface area contributed by atoms with Crippen LogP contribution in [0.25, 0.3) is 0 Å². The number of carbonyl (C=O) groups is 2. The number of ether oxygens (including phenoxy) is 2. The molecule has 2 atom stereocenters. The number of para-hydroxylation sites is 2. The Kier molecular flexibility index (Phi) is 10.2. The number of carbonyl (C=O) groups excluding carboxylic acids is 2. The van der Waals surface area contributed by atoms with Crippen LogP contribution >= 0.6 is 0 Å². The highest BCUT2D eigenvalue weighted by atomic mass is 16.5. The minimum atomic E-state index is -0.197. The van der Waals surface area contributed by atoms with E-state index in [2.05, 4.69) is 50.2 Å². The Balaban J connectivity index is 1.36. The average molecular weight is 599 g/mol. The van der Waals surface area contributed by atoms with Crippen LogP contribution in [0.4, 0.5) is 5.69 Å². The molecule has 1 fully saturated rings. The summed E-state index contributed by atoms with van der Waals surface area (Å²) in [5, 5.41) is 3.34. The van der Waals surface area contributed by atoms with Crippen molar-refractivity contribution in [2.24, 2.45) is 11.8 Å². The molecule has 0 spiro atoms. The van der Waals surface area contributed by atoms with Crippen LogP contribution in [0.2, 0.25) is 0 Å².